The number of aromatic nitrogens is 7. The Kier molecular flexibility index (Phi) is 31.0. The van der Waals surface area contributed by atoms with Crippen molar-refractivity contribution in [1.82, 2.24) is 32.8 Å². The number of fused-ring (bicyclic) bond motifs is 5. The molecule has 8 aromatic carbocycles. The minimum absolute atomic E-state index is 0.0360. The topological polar surface area (TPSA) is 251 Å². The molecule has 1 aliphatic carbocycles. The third kappa shape index (κ3) is 20.2. The Morgan fingerprint density at radius 2 is 0.812 bits per heavy atom. The summed E-state index contributed by atoms with van der Waals surface area (Å²) in [7, 11) is 0. The normalized spacial score (nSPS) is 13.0. The molecule has 1 aliphatic rings. The predicted octanol–water partition coefficient (Wildman–Crippen LogP) is 24.7. The number of aryl methyl sites for hydroxylation is 13. The molecular weight excluding hydrogens is 1630 g/mol. The van der Waals surface area contributed by atoms with Gasteiger partial charge < -0.3 is 48.4 Å². The van der Waals surface area contributed by atoms with Crippen molar-refractivity contribution in [3.63, 3.8) is 0 Å². The van der Waals surface area contributed by atoms with Gasteiger partial charge in [0.25, 0.3) is 6.43 Å². The lowest BCUT2D eigenvalue weighted by molar-refractivity contribution is 0.111. The molecule has 21 heteroatoms. The smallest absolute Gasteiger partial charge is 0.264 e. The van der Waals surface area contributed by atoms with E-state index in [-0.39, 0.29) is 43.9 Å². The summed E-state index contributed by atoms with van der Waals surface area (Å²) in [6.07, 6.45) is 21.4. The second kappa shape index (κ2) is 42.1. The van der Waals surface area contributed by atoms with Crippen LogP contribution in [0.5, 0.6) is 0 Å². The molecule has 0 saturated heterocycles. The van der Waals surface area contributed by atoms with E-state index in [9.17, 15) is 44.4 Å². The van der Waals surface area contributed by atoms with Crippen LogP contribution in [0.1, 0.15) is 172 Å². The zero-order chi connectivity index (χ0) is 92.1. The summed E-state index contributed by atoms with van der Waals surface area (Å²) in [6, 6.07) is 47.2. The van der Waals surface area contributed by atoms with Gasteiger partial charge in [-0.15, -0.1) is 0 Å². The molecule has 0 bridgehead atoms. The summed E-state index contributed by atoms with van der Waals surface area (Å²) < 4.78 is 52.7. The molecule has 17 nitrogen and oxygen atoms in total. The van der Waals surface area contributed by atoms with E-state index in [2.05, 4.69) is 142 Å². The minimum atomic E-state index is -2.62. The Morgan fingerprint density at radius 3 is 1.27 bits per heavy atom. The monoisotopic (exact) mass is 1730 g/mol. The van der Waals surface area contributed by atoms with Crippen molar-refractivity contribution in [2.24, 2.45) is 5.92 Å². The number of halogens is 4. The quantitative estimate of drug-likeness (QED) is 0.0423. The molecule has 0 aliphatic heterocycles. The number of nitrogens with zero attached hydrogens (tertiary/aromatic N) is 12. The molecule has 7 heterocycles. The Labute approximate surface area is 752 Å². The van der Waals surface area contributed by atoms with E-state index < -0.39 is 6.43 Å². The molecule has 128 heavy (non-hydrogen) atoms. The summed E-state index contributed by atoms with van der Waals surface area (Å²) in [5, 5.41) is 89.9. The van der Waals surface area contributed by atoms with Gasteiger partial charge in [-0.2, -0.15) is 21.0 Å². The Bertz CT molecular complexity index is 6480. The van der Waals surface area contributed by atoms with Crippen LogP contribution in [-0.2, 0) is 32.6 Å². The van der Waals surface area contributed by atoms with E-state index in [1.807, 2.05) is 136 Å². The number of pyridine rings is 2. The first-order chi connectivity index (χ1) is 61.5. The third-order valence-corrected chi connectivity index (χ3v) is 25.2. The highest BCUT2D eigenvalue weighted by Crippen LogP contribution is 2.45. The summed E-state index contributed by atoms with van der Waals surface area (Å²) in [5.41, 5.74) is 29.2. The van der Waals surface area contributed by atoms with Gasteiger partial charge in [-0.25, -0.2) is 18.0 Å². The number of benzene rings is 8. The Hall–Kier alpha value is -12.9. The summed E-state index contributed by atoms with van der Waals surface area (Å²) in [4.78, 5) is 12.0. The van der Waals surface area contributed by atoms with Crippen LogP contribution in [0.2, 0.25) is 5.02 Å². The molecule has 1 saturated carbocycles. The van der Waals surface area contributed by atoms with Gasteiger partial charge in [-0.1, -0.05) is 80.0 Å². The number of aliphatic hydroxyl groups is 5. The fraction of sp³-hybridized carbons (Fsp3) is 0.318. The zero-order valence-electron chi connectivity index (χ0n) is 75.1. The fourth-order valence-corrected chi connectivity index (χ4v) is 17.7. The van der Waals surface area contributed by atoms with Crippen LogP contribution in [-0.4, -0.2) is 90.9 Å². The van der Waals surface area contributed by atoms with Gasteiger partial charge in [0.15, 0.2) is 5.69 Å². The van der Waals surface area contributed by atoms with E-state index in [0.717, 1.165) is 172 Å². The largest absolute Gasteiger partial charge is 0.396 e. The average molecular weight is 1740 g/mol. The molecule has 1 fully saturated rings. The van der Waals surface area contributed by atoms with Crippen LogP contribution in [0.25, 0.3) is 115 Å². The van der Waals surface area contributed by atoms with Crippen LogP contribution in [0.3, 0.4) is 0 Å². The molecule has 0 amide bonds. The SMILES string of the molecule is Cc1cc2c(cc1C#N)c(-c1cccc(C)c1Cl)cn2CCCO.Cc1cc2c(cc1C#N)c(-c1cccc(C)c1F)cn2CCCO.Cc1cc2c(cc1C#N)c(-c1cccc(CC(C)C)c1C)cn2C1CCC(O)CC1.Cc1cc2c(cc1C#N)c(-c1cncc(C)c1C)cn2CCCO.[C-]#[N+]c1cc2c(-c3cncc(C)c3C(F)F)cn(CCCO)c2cc1C. The van der Waals surface area contributed by atoms with Gasteiger partial charge in [0.1, 0.15) is 5.82 Å². The van der Waals surface area contributed by atoms with E-state index in [4.69, 9.17) is 33.5 Å². The number of hydrogen-bond donors (Lipinski definition) is 5. The van der Waals surface area contributed by atoms with Crippen LogP contribution in [0.15, 0.2) is 171 Å². The molecule has 7 aromatic heterocycles. The van der Waals surface area contributed by atoms with Gasteiger partial charge in [0.05, 0.1) is 64.2 Å². The molecule has 16 rings (SSSR count). The number of hydrogen-bond acceptors (Lipinski definition) is 11. The van der Waals surface area contributed by atoms with Crippen molar-refractivity contribution in [3.05, 3.63) is 288 Å². The Balaban J connectivity index is 0.000000146. The highest BCUT2D eigenvalue weighted by Gasteiger charge is 2.28. The first-order valence-corrected chi connectivity index (χ1v) is 44.0. The molecule has 0 spiro atoms. The van der Waals surface area contributed by atoms with Gasteiger partial charge in [-0.05, 0) is 278 Å². The fourth-order valence-electron chi connectivity index (χ4n) is 17.5. The maximum Gasteiger partial charge on any atom is 0.264 e. The van der Waals surface area contributed by atoms with Crippen LogP contribution < -0.4 is 0 Å². The molecule has 15 aromatic rings. The molecular formula is C107H110ClF3N12O5. The molecule has 0 radical (unpaired) electrons. The average Bonchev–Trinajstić information content (AvgIpc) is 1.64. The van der Waals surface area contributed by atoms with Gasteiger partial charge in [0.2, 0.25) is 0 Å². The number of alkyl halides is 2. The maximum absolute atomic E-state index is 14.6. The lowest BCUT2D eigenvalue weighted by atomic mass is 9.91. The van der Waals surface area contributed by atoms with Crippen LogP contribution in [0.4, 0.5) is 18.9 Å². The minimum Gasteiger partial charge on any atom is -0.396 e. The van der Waals surface area contributed by atoms with Crippen molar-refractivity contribution in [3.8, 4) is 79.9 Å². The van der Waals surface area contributed by atoms with E-state index >= 15 is 0 Å². The van der Waals surface area contributed by atoms with Gasteiger partial charge in [0, 0.05) is 219 Å². The highest BCUT2D eigenvalue weighted by molar-refractivity contribution is 6.34. The molecule has 0 unspecified atom stereocenters. The van der Waals surface area contributed by atoms with Crippen molar-refractivity contribution in [2.75, 3.05) is 26.4 Å². The van der Waals surface area contributed by atoms with Crippen molar-refractivity contribution >= 4 is 71.8 Å². The lowest BCUT2D eigenvalue weighted by Gasteiger charge is -2.27. The maximum atomic E-state index is 14.6. The first-order valence-electron chi connectivity index (χ1n) is 43.6. The molecule has 656 valence electrons. The lowest BCUT2D eigenvalue weighted by Crippen LogP contribution is -2.20. The number of aliphatic hydroxyl groups excluding tert-OH is 5. The van der Waals surface area contributed by atoms with Crippen molar-refractivity contribution in [2.45, 2.75) is 193 Å². The standard InChI is InChI=1S/C27H32N2O.C20H19ClN2O.C20H19F2N3O.C20H19FN2O.C20H21N3O/c1-17(2)12-20-6-5-7-24(19(20)4)26-16-29(22-8-10-23(30)11-9-22)27-13-18(3)21(15-28)14-25(26)27;1-13-5-3-6-16(20(13)21)18-12-23(7-4-8-24)19-9-14(2)15(11-22)10-17(18)19;1-12-7-18-14(8-17(12)23-3)16(11-25(18)5-4-6-26)15-10-24-9-13(2)19(15)20(21)22;1-13-5-3-6-16(20(13)21)18-12-23(7-4-8-24)19-9-14(2)15(11-22)10-17(18)19;1-13-7-20-17(8-16(13)9-21)19(12-23(20)5-4-6-24)18-11-22-10-14(2)15(18)3/h5-7,13-14,16-17,22-23,30H,8-12H2,1-4H3;3,5-6,9-10,12,24H,4,7-8H2,1-2H3;7-11,20,26H,4-6H2,1-2H3;3,5-6,9-10,12,24H,4,7-8H2,1-2H3;7-8,10-12,24H,4-6H2,1-3H3. The summed E-state index contributed by atoms with van der Waals surface area (Å²) >= 11 is 6.53. The van der Waals surface area contributed by atoms with E-state index in [1.54, 1.807) is 32.0 Å². The first kappa shape index (κ1) is 94.2. The third-order valence-electron chi connectivity index (χ3n) is 24.7. The van der Waals surface area contributed by atoms with Gasteiger partial charge >= 0.3 is 0 Å². The van der Waals surface area contributed by atoms with Crippen molar-refractivity contribution in [1.29, 1.82) is 21.0 Å². The van der Waals surface area contributed by atoms with Crippen LogP contribution >= 0.6 is 11.6 Å². The second-order valence-electron chi connectivity index (χ2n) is 34.0. The predicted molar refractivity (Wildman–Crippen MR) is 508 cm³/mol. The number of nitriles is 4. The van der Waals surface area contributed by atoms with E-state index in [1.165, 1.54) is 45.7 Å². The second-order valence-corrected chi connectivity index (χ2v) is 34.4. The van der Waals surface area contributed by atoms with Gasteiger partial charge in [-0.3, -0.25) is 9.97 Å². The van der Waals surface area contributed by atoms with Crippen LogP contribution in [0, 0.1) is 140 Å². The summed E-state index contributed by atoms with van der Waals surface area (Å²) in [5.74, 6) is 0.375. The molecule has 0 atom stereocenters. The van der Waals surface area contributed by atoms with E-state index in [0.29, 0.717) is 101 Å². The summed E-state index contributed by atoms with van der Waals surface area (Å²) in [6.45, 7) is 36.4. The van der Waals surface area contributed by atoms with Crippen molar-refractivity contribution < 1.29 is 38.7 Å². The number of rotatable bonds is 21. The zero-order valence-corrected chi connectivity index (χ0v) is 75.9. The highest BCUT2D eigenvalue weighted by atomic mass is 35.5. The molecule has 5 N–H and O–H groups in total. The Morgan fingerprint density at radius 1 is 0.430 bits per heavy atom.